The first-order valence-corrected chi connectivity index (χ1v) is 7.34. The van der Waals surface area contributed by atoms with Gasteiger partial charge in [0.05, 0.1) is 12.7 Å². The molecule has 0 N–H and O–H groups in total. The van der Waals surface area contributed by atoms with Gasteiger partial charge in [-0.1, -0.05) is 11.3 Å². The summed E-state index contributed by atoms with van der Waals surface area (Å²) in [4.78, 5) is 2.34. The van der Waals surface area contributed by atoms with Gasteiger partial charge in [0, 0.05) is 32.2 Å². The van der Waals surface area contributed by atoms with Crippen molar-refractivity contribution in [3.63, 3.8) is 0 Å². The van der Waals surface area contributed by atoms with Gasteiger partial charge in [-0.25, -0.2) is 0 Å². The molecule has 3 heterocycles. The van der Waals surface area contributed by atoms with E-state index < -0.39 is 0 Å². The second-order valence-electron chi connectivity index (χ2n) is 5.19. The van der Waals surface area contributed by atoms with Gasteiger partial charge in [0.25, 0.3) is 0 Å². The third kappa shape index (κ3) is 2.13. The maximum Gasteiger partial charge on any atom is 0.208 e. The Morgan fingerprint density at radius 2 is 2.61 bits per heavy atom. The number of ether oxygens (including phenoxy) is 2. The minimum absolute atomic E-state index is 0.136. The zero-order valence-electron chi connectivity index (χ0n) is 10.7. The van der Waals surface area contributed by atoms with Crippen LogP contribution in [0.5, 0.6) is 0 Å². The first-order chi connectivity index (χ1) is 8.84. The van der Waals surface area contributed by atoms with Crippen LogP contribution in [0, 0.1) is 5.41 Å². The van der Waals surface area contributed by atoms with Gasteiger partial charge in [0.15, 0.2) is 0 Å². The van der Waals surface area contributed by atoms with E-state index in [4.69, 9.17) is 9.47 Å². The molecular formula is C12H19N3O2S. The average Bonchev–Trinajstić information content (AvgIpc) is 2.92. The fourth-order valence-electron chi connectivity index (χ4n) is 3.26. The monoisotopic (exact) mass is 269 g/mol. The van der Waals surface area contributed by atoms with Gasteiger partial charge in [0.1, 0.15) is 5.51 Å². The first kappa shape index (κ1) is 12.3. The van der Waals surface area contributed by atoms with Gasteiger partial charge in [-0.05, 0) is 19.3 Å². The predicted octanol–water partition coefficient (Wildman–Crippen LogP) is 1.56. The maximum absolute atomic E-state index is 5.96. The van der Waals surface area contributed by atoms with Crippen molar-refractivity contribution in [2.45, 2.75) is 25.4 Å². The maximum atomic E-state index is 5.96. The SMILES string of the molecule is COC[C@]12CCCO[C@H]1CCN(c1nncs1)C2. The molecule has 0 saturated carbocycles. The summed E-state index contributed by atoms with van der Waals surface area (Å²) in [5.41, 5.74) is 1.93. The van der Waals surface area contributed by atoms with Crippen molar-refractivity contribution in [3.05, 3.63) is 5.51 Å². The van der Waals surface area contributed by atoms with E-state index in [9.17, 15) is 0 Å². The molecule has 6 heteroatoms. The summed E-state index contributed by atoms with van der Waals surface area (Å²) in [6, 6.07) is 0. The topological polar surface area (TPSA) is 47.5 Å². The van der Waals surface area contributed by atoms with E-state index >= 15 is 0 Å². The van der Waals surface area contributed by atoms with Gasteiger partial charge >= 0.3 is 0 Å². The fraction of sp³-hybridized carbons (Fsp3) is 0.833. The number of anilines is 1. The van der Waals surface area contributed by atoms with E-state index in [1.807, 2.05) is 0 Å². The summed E-state index contributed by atoms with van der Waals surface area (Å²) >= 11 is 1.61. The molecule has 0 bridgehead atoms. The second-order valence-corrected chi connectivity index (χ2v) is 6.00. The van der Waals surface area contributed by atoms with Crippen LogP contribution in [0.3, 0.4) is 0 Å². The first-order valence-electron chi connectivity index (χ1n) is 6.46. The van der Waals surface area contributed by atoms with Crippen molar-refractivity contribution in [2.75, 3.05) is 38.3 Å². The summed E-state index contributed by atoms with van der Waals surface area (Å²) in [6.07, 6.45) is 3.71. The zero-order chi connectivity index (χ0) is 12.4. The highest BCUT2D eigenvalue weighted by Gasteiger charge is 2.46. The van der Waals surface area contributed by atoms with Gasteiger partial charge in [-0.15, -0.1) is 10.2 Å². The molecule has 1 aromatic heterocycles. The largest absolute Gasteiger partial charge is 0.384 e. The molecule has 2 fully saturated rings. The number of methoxy groups -OCH3 is 1. The molecule has 2 aliphatic heterocycles. The molecule has 2 aliphatic rings. The van der Waals surface area contributed by atoms with Crippen LogP contribution >= 0.6 is 11.3 Å². The summed E-state index contributed by atoms with van der Waals surface area (Å²) in [7, 11) is 1.78. The lowest BCUT2D eigenvalue weighted by Crippen LogP contribution is -2.57. The van der Waals surface area contributed by atoms with Crippen LogP contribution in [-0.4, -0.2) is 49.7 Å². The molecule has 2 atom stereocenters. The van der Waals surface area contributed by atoms with Crippen molar-refractivity contribution in [3.8, 4) is 0 Å². The van der Waals surface area contributed by atoms with Crippen molar-refractivity contribution in [1.82, 2.24) is 10.2 Å². The van der Waals surface area contributed by atoms with Crippen LogP contribution in [0.1, 0.15) is 19.3 Å². The van der Waals surface area contributed by atoms with Crippen molar-refractivity contribution < 1.29 is 9.47 Å². The second kappa shape index (κ2) is 5.11. The molecular weight excluding hydrogens is 250 g/mol. The third-order valence-corrected chi connectivity index (χ3v) is 4.79. The standard InChI is InChI=1S/C12H19N3O2S/c1-16-8-12-4-2-6-17-10(12)3-5-15(7-12)11-14-13-9-18-11/h9-10H,2-8H2,1H3/t10-,12+/m0/s1. The minimum atomic E-state index is 0.136. The molecule has 1 aromatic rings. The van der Waals surface area contributed by atoms with Gasteiger partial charge in [-0.2, -0.15) is 0 Å². The Balaban J connectivity index is 1.80. The van der Waals surface area contributed by atoms with Crippen molar-refractivity contribution >= 4 is 16.5 Å². The number of hydrogen-bond donors (Lipinski definition) is 0. The van der Waals surface area contributed by atoms with Crippen LogP contribution in [0.2, 0.25) is 0 Å². The van der Waals surface area contributed by atoms with Crippen LogP contribution in [-0.2, 0) is 9.47 Å². The molecule has 0 amide bonds. The summed E-state index contributed by atoms with van der Waals surface area (Å²) in [6.45, 7) is 3.65. The highest BCUT2D eigenvalue weighted by molar-refractivity contribution is 7.13. The molecule has 0 spiro atoms. The van der Waals surface area contributed by atoms with E-state index in [2.05, 4.69) is 15.1 Å². The van der Waals surface area contributed by atoms with E-state index in [1.165, 1.54) is 6.42 Å². The highest BCUT2D eigenvalue weighted by Crippen LogP contribution is 2.41. The summed E-state index contributed by atoms with van der Waals surface area (Å²) in [5.74, 6) is 0. The van der Waals surface area contributed by atoms with E-state index in [-0.39, 0.29) is 5.41 Å². The molecule has 0 aliphatic carbocycles. The Morgan fingerprint density at radius 1 is 1.67 bits per heavy atom. The van der Waals surface area contributed by atoms with Gasteiger partial charge in [0.2, 0.25) is 5.13 Å². The molecule has 3 rings (SSSR count). The molecule has 5 nitrogen and oxygen atoms in total. The molecule has 2 saturated heterocycles. The molecule has 0 unspecified atom stereocenters. The van der Waals surface area contributed by atoms with Crippen LogP contribution in [0.25, 0.3) is 0 Å². The molecule has 18 heavy (non-hydrogen) atoms. The van der Waals surface area contributed by atoms with Crippen LogP contribution < -0.4 is 4.90 Å². The zero-order valence-corrected chi connectivity index (χ0v) is 11.5. The van der Waals surface area contributed by atoms with Crippen LogP contribution in [0.4, 0.5) is 5.13 Å². The Labute approximate surface area is 111 Å². The van der Waals surface area contributed by atoms with Crippen LogP contribution in [0.15, 0.2) is 5.51 Å². The fourth-order valence-corrected chi connectivity index (χ4v) is 3.84. The Hall–Kier alpha value is -0.720. The van der Waals surface area contributed by atoms with E-state index in [0.717, 1.165) is 44.3 Å². The van der Waals surface area contributed by atoms with Gasteiger partial charge < -0.3 is 14.4 Å². The van der Waals surface area contributed by atoms with E-state index in [1.54, 1.807) is 24.0 Å². The average molecular weight is 269 g/mol. The number of piperidine rings is 1. The smallest absolute Gasteiger partial charge is 0.208 e. The molecule has 0 radical (unpaired) electrons. The lowest BCUT2D eigenvalue weighted by molar-refractivity contribution is -0.119. The lowest BCUT2D eigenvalue weighted by atomic mass is 9.73. The van der Waals surface area contributed by atoms with Gasteiger partial charge in [-0.3, -0.25) is 0 Å². The predicted molar refractivity (Wildman–Crippen MR) is 70.0 cm³/mol. The number of fused-ring (bicyclic) bond motifs is 1. The Bertz CT molecular complexity index is 383. The van der Waals surface area contributed by atoms with E-state index in [0.29, 0.717) is 6.10 Å². The summed E-state index contributed by atoms with van der Waals surface area (Å²) in [5, 5.41) is 9.14. The summed E-state index contributed by atoms with van der Waals surface area (Å²) < 4.78 is 11.4. The quantitative estimate of drug-likeness (QED) is 0.833. The number of hydrogen-bond acceptors (Lipinski definition) is 6. The minimum Gasteiger partial charge on any atom is -0.384 e. The molecule has 100 valence electrons. The third-order valence-electron chi connectivity index (χ3n) is 4.04. The normalized spacial score (nSPS) is 32.3. The Morgan fingerprint density at radius 3 is 3.39 bits per heavy atom. The van der Waals surface area contributed by atoms with Crippen molar-refractivity contribution in [1.29, 1.82) is 0 Å². The number of nitrogens with zero attached hydrogens (tertiary/aromatic N) is 3. The highest BCUT2D eigenvalue weighted by atomic mass is 32.1. The lowest BCUT2D eigenvalue weighted by Gasteiger charge is -2.50. The molecule has 0 aromatic carbocycles. The van der Waals surface area contributed by atoms with Crippen molar-refractivity contribution in [2.24, 2.45) is 5.41 Å². The Kier molecular flexibility index (Phi) is 3.50. The number of rotatable bonds is 3. The number of aromatic nitrogens is 2.